The van der Waals surface area contributed by atoms with E-state index in [1.54, 1.807) is 32.0 Å². The van der Waals surface area contributed by atoms with E-state index in [0.717, 1.165) is 5.56 Å². The lowest BCUT2D eigenvalue weighted by Gasteiger charge is -2.09. The van der Waals surface area contributed by atoms with E-state index in [1.807, 2.05) is 0 Å². The molecule has 0 spiro atoms. The lowest BCUT2D eigenvalue weighted by Crippen LogP contribution is -2.24. The molecule has 0 aliphatic carbocycles. The number of para-hydroxylation sites is 1. The van der Waals surface area contributed by atoms with Crippen LogP contribution >= 0.6 is 0 Å². The fourth-order valence-electron chi connectivity index (χ4n) is 2.31. The standard InChI is InChI=1S/C13H15N3O4S/c1-8-13(9(2)16-15-8)21(17,18)14-6-10-4-3-5-11-12(10)20-7-19-11/h3-5,14H,6-7H2,1-2H3,(H,15,16). The fraction of sp³-hybridized carbons (Fsp3) is 0.308. The lowest BCUT2D eigenvalue weighted by molar-refractivity contribution is 0.173. The summed E-state index contributed by atoms with van der Waals surface area (Å²) in [6.45, 7) is 3.60. The van der Waals surface area contributed by atoms with Crippen LogP contribution in [0.3, 0.4) is 0 Å². The number of hydrogen-bond acceptors (Lipinski definition) is 5. The van der Waals surface area contributed by atoms with Gasteiger partial charge >= 0.3 is 0 Å². The summed E-state index contributed by atoms with van der Waals surface area (Å²) in [4.78, 5) is 0.187. The number of H-pyrrole nitrogens is 1. The van der Waals surface area contributed by atoms with Gasteiger partial charge in [0, 0.05) is 12.1 Å². The zero-order chi connectivity index (χ0) is 15.0. The Kier molecular flexibility index (Phi) is 3.34. The monoisotopic (exact) mass is 309 g/mol. The number of aryl methyl sites for hydroxylation is 2. The van der Waals surface area contributed by atoms with Crippen molar-refractivity contribution in [3.63, 3.8) is 0 Å². The highest BCUT2D eigenvalue weighted by Crippen LogP contribution is 2.35. The minimum Gasteiger partial charge on any atom is -0.454 e. The highest BCUT2D eigenvalue weighted by molar-refractivity contribution is 7.89. The molecule has 0 bridgehead atoms. The van der Waals surface area contributed by atoms with Gasteiger partial charge in [0.15, 0.2) is 11.5 Å². The number of hydrogen-bond donors (Lipinski definition) is 2. The number of benzene rings is 1. The minimum atomic E-state index is -3.63. The molecule has 2 heterocycles. The molecular weight excluding hydrogens is 294 g/mol. The van der Waals surface area contributed by atoms with Crippen LogP contribution < -0.4 is 14.2 Å². The van der Waals surface area contributed by atoms with Crippen LogP contribution in [-0.2, 0) is 16.6 Å². The lowest BCUT2D eigenvalue weighted by atomic mass is 10.2. The van der Waals surface area contributed by atoms with Gasteiger partial charge in [-0.3, -0.25) is 5.10 Å². The summed E-state index contributed by atoms with van der Waals surface area (Å²) in [7, 11) is -3.63. The van der Waals surface area contributed by atoms with Crippen molar-refractivity contribution in [2.75, 3.05) is 6.79 Å². The maximum Gasteiger partial charge on any atom is 0.244 e. The second kappa shape index (κ2) is 5.05. The van der Waals surface area contributed by atoms with Crippen LogP contribution in [0, 0.1) is 13.8 Å². The number of rotatable bonds is 4. The highest BCUT2D eigenvalue weighted by Gasteiger charge is 2.23. The molecule has 8 heteroatoms. The summed E-state index contributed by atoms with van der Waals surface area (Å²) in [5, 5.41) is 6.58. The zero-order valence-electron chi connectivity index (χ0n) is 11.6. The Balaban J connectivity index is 1.84. The molecule has 1 aromatic heterocycles. The molecule has 0 amide bonds. The molecule has 0 radical (unpaired) electrons. The third kappa shape index (κ3) is 2.47. The van der Waals surface area contributed by atoms with Crippen LogP contribution in [-0.4, -0.2) is 25.4 Å². The molecule has 112 valence electrons. The van der Waals surface area contributed by atoms with Crippen molar-refractivity contribution in [1.29, 1.82) is 0 Å². The van der Waals surface area contributed by atoms with Gasteiger partial charge in [0.25, 0.3) is 0 Å². The average Bonchev–Trinajstić information content (AvgIpc) is 3.03. The van der Waals surface area contributed by atoms with Crippen LogP contribution in [0.5, 0.6) is 11.5 Å². The van der Waals surface area contributed by atoms with E-state index >= 15 is 0 Å². The number of ether oxygens (including phenoxy) is 2. The molecule has 2 aromatic rings. The van der Waals surface area contributed by atoms with E-state index in [9.17, 15) is 8.42 Å². The highest BCUT2D eigenvalue weighted by atomic mass is 32.2. The Morgan fingerprint density at radius 1 is 1.33 bits per heavy atom. The fourth-order valence-corrected chi connectivity index (χ4v) is 3.68. The van der Waals surface area contributed by atoms with Gasteiger partial charge in [-0.25, -0.2) is 13.1 Å². The van der Waals surface area contributed by atoms with Crippen LogP contribution in [0.2, 0.25) is 0 Å². The Labute approximate surface area is 122 Å². The van der Waals surface area contributed by atoms with Gasteiger partial charge in [0.1, 0.15) is 4.90 Å². The van der Waals surface area contributed by atoms with Crippen LogP contribution in [0.15, 0.2) is 23.1 Å². The molecule has 0 saturated carbocycles. The second-order valence-electron chi connectivity index (χ2n) is 4.74. The number of aromatic amines is 1. The second-order valence-corrected chi connectivity index (χ2v) is 6.44. The van der Waals surface area contributed by atoms with Crippen molar-refractivity contribution in [3.8, 4) is 11.5 Å². The number of sulfonamides is 1. The molecule has 0 saturated heterocycles. The summed E-state index contributed by atoms with van der Waals surface area (Å²) in [5.74, 6) is 1.21. The Morgan fingerprint density at radius 2 is 2.14 bits per heavy atom. The summed E-state index contributed by atoms with van der Waals surface area (Å²) >= 11 is 0. The first-order valence-corrected chi connectivity index (χ1v) is 7.86. The first kappa shape index (κ1) is 13.9. The molecule has 1 aliphatic heterocycles. The summed E-state index contributed by atoms with van der Waals surface area (Å²) < 4.78 is 37.9. The maximum atomic E-state index is 12.4. The van der Waals surface area contributed by atoms with Gasteiger partial charge in [-0.1, -0.05) is 12.1 Å². The molecule has 0 unspecified atom stereocenters. The molecular formula is C13H15N3O4S. The Hall–Kier alpha value is -2.06. The van der Waals surface area contributed by atoms with Gasteiger partial charge in [-0.2, -0.15) is 5.10 Å². The smallest absolute Gasteiger partial charge is 0.244 e. The molecule has 1 aliphatic rings. The van der Waals surface area contributed by atoms with Crippen molar-refractivity contribution in [1.82, 2.24) is 14.9 Å². The van der Waals surface area contributed by atoms with Gasteiger partial charge in [-0.05, 0) is 19.9 Å². The van der Waals surface area contributed by atoms with E-state index in [4.69, 9.17) is 9.47 Å². The first-order valence-electron chi connectivity index (χ1n) is 6.38. The number of nitrogens with zero attached hydrogens (tertiary/aromatic N) is 1. The average molecular weight is 309 g/mol. The Bertz CT molecular complexity index is 763. The number of nitrogens with one attached hydrogen (secondary N) is 2. The van der Waals surface area contributed by atoms with Gasteiger partial charge in [0.2, 0.25) is 16.8 Å². The number of aromatic nitrogens is 2. The first-order chi connectivity index (χ1) is 9.99. The zero-order valence-corrected chi connectivity index (χ0v) is 12.5. The topological polar surface area (TPSA) is 93.3 Å². The summed E-state index contributed by atoms with van der Waals surface area (Å²) in [5.41, 5.74) is 1.68. The normalized spacial score (nSPS) is 13.6. The van der Waals surface area contributed by atoms with Gasteiger partial charge in [-0.15, -0.1) is 0 Å². The van der Waals surface area contributed by atoms with Crippen LogP contribution in [0.4, 0.5) is 0 Å². The molecule has 0 atom stereocenters. The van der Waals surface area contributed by atoms with Crippen LogP contribution in [0.25, 0.3) is 0 Å². The summed E-state index contributed by atoms with van der Waals surface area (Å²) in [6, 6.07) is 5.38. The molecule has 0 fully saturated rings. The van der Waals surface area contributed by atoms with Crippen molar-refractivity contribution < 1.29 is 17.9 Å². The van der Waals surface area contributed by atoms with Crippen molar-refractivity contribution >= 4 is 10.0 Å². The van der Waals surface area contributed by atoms with Crippen LogP contribution in [0.1, 0.15) is 17.0 Å². The van der Waals surface area contributed by atoms with E-state index < -0.39 is 10.0 Å². The largest absolute Gasteiger partial charge is 0.454 e. The van der Waals surface area contributed by atoms with Crippen molar-refractivity contribution in [2.45, 2.75) is 25.3 Å². The molecule has 1 aromatic carbocycles. The predicted octanol–water partition coefficient (Wildman–Crippen LogP) is 1.23. The maximum absolute atomic E-state index is 12.4. The van der Waals surface area contributed by atoms with Gasteiger partial charge in [0.05, 0.1) is 11.4 Å². The van der Waals surface area contributed by atoms with Crippen molar-refractivity contribution in [2.24, 2.45) is 0 Å². The SMILES string of the molecule is Cc1n[nH]c(C)c1S(=O)(=O)NCc1cccc2c1OCO2. The number of fused-ring (bicyclic) bond motifs is 1. The quantitative estimate of drug-likeness (QED) is 0.886. The van der Waals surface area contributed by atoms with E-state index in [0.29, 0.717) is 22.9 Å². The van der Waals surface area contributed by atoms with E-state index in [1.165, 1.54) is 0 Å². The summed E-state index contributed by atoms with van der Waals surface area (Å²) in [6.07, 6.45) is 0. The molecule has 21 heavy (non-hydrogen) atoms. The van der Waals surface area contributed by atoms with Gasteiger partial charge < -0.3 is 9.47 Å². The predicted molar refractivity (Wildman–Crippen MR) is 74.7 cm³/mol. The Morgan fingerprint density at radius 3 is 2.86 bits per heavy atom. The minimum absolute atomic E-state index is 0.124. The third-order valence-electron chi connectivity index (χ3n) is 3.26. The third-order valence-corrected chi connectivity index (χ3v) is 4.92. The van der Waals surface area contributed by atoms with Crippen molar-refractivity contribution in [3.05, 3.63) is 35.2 Å². The molecule has 7 nitrogen and oxygen atoms in total. The molecule has 3 rings (SSSR count). The molecule has 2 N–H and O–H groups in total. The van der Waals surface area contributed by atoms with E-state index in [-0.39, 0.29) is 18.2 Å². The van der Waals surface area contributed by atoms with E-state index in [2.05, 4.69) is 14.9 Å².